The van der Waals surface area contributed by atoms with Gasteiger partial charge in [-0.05, 0) is 47.9 Å². The molecule has 0 saturated heterocycles. The first kappa shape index (κ1) is 15.0. The number of fused-ring (bicyclic) bond motifs is 2. The third-order valence-corrected chi connectivity index (χ3v) is 5.96. The molecule has 2 heteroatoms. The van der Waals surface area contributed by atoms with E-state index in [4.69, 9.17) is 0 Å². The highest BCUT2D eigenvalue weighted by Gasteiger charge is 2.25. The minimum absolute atomic E-state index is 0.722. The SMILES string of the molecule is C1=C(c2c[nH]c3ccccc23)CCN(CC2CCc3ccccc32)C1. The first-order chi connectivity index (χ1) is 12.4. The maximum Gasteiger partial charge on any atom is 0.0460 e. The molecule has 5 rings (SSSR count). The maximum atomic E-state index is 3.41. The summed E-state index contributed by atoms with van der Waals surface area (Å²) in [5, 5.41) is 1.35. The van der Waals surface area contributed by atoms with E-state index in [0.717, 1.165) is 18.9 Å². The second-order valence-corrected chi connectivity index (χ2v) is 7.42. The van der Waals surface area contributed by atoms with Crippen LogP contribution in [0.4, 0.5) is 0 Å². The minimum Gasteiger partial charge on any atom is -0.361 e. The molecule has 2 nitrogen and oxygen atoms in total. The lowest BCUT2D eigenvalue weighted by molar-refractivity contribution is 0.281. The summed E-state index contributed by atoms with van der Waals surface area (Å²) in [4.78, 5) is 6.04. The highest BCUT2D eigenvalue weighted by atomic mass is 15.1. The average molecular weight is 328 g/mol. The van der Waals surface area contributed by atoms with Gasteiger partial charge in [0.2, 0.25) is 0 Å². The van der Waals surface area contributed by atoms with Crippen LogP contribution >= 0.6 is 0 Å². The van der Waals surface area contributed by atoms with Crippen LogP contribution < -0.4 is 0 Å². The Labute approximate surface area is 149 Å². The van der Waals surface area contributed by atoms with E-state index < -0.39 is 0 Å². The van der Waals surface area contributed by atoms with Crippen molar-refractivity contribution < 1.29 is 0 Å². The molecule has 1 aromatic heterocycles. The number of nitrogens with zero attached hydrogens (tertiary/aromatic N) is 1. The van der Waals surface area contributed by atoms with Gasteiger partial charge in [0, 0.05) is 42.3 Å². The first-order valence-corrected chi connectivity index (χ1v) is 9.44. The number of aromatic nitrogens is 1. The Bertz CT molecular complexity index is 934. The smallest absolute Gasteiger partial charge is 0.0460 e. The summed E-state index contributed by atoms with van der Waals surface area (Å²) in [6.07, 6.45) is 8.34. The molecule has 2 aliphatic rings. The van der Waals surface area contributed by atoms with Crippen molar-refractivity contribution in [1.82, 2.24) is 9.88 Å². The number of hydrogen-bond donors (Lipinski definition) is 1. The van der Waals surface area contributed by atoms with Gasteiger partial charge in [0.15, 0.2) is 0 Å². The van der Waals surface area contributed by atoms with Gasteiger partial charge in [0.05, 0.1) is 0 Å². The Morgan fingerprint density at radius 3 is 2.80 bits per heavy atom. The molecule has 1 atom stereocenters. The van der Waals surface area contributed by atoms with Crippen LogP contribution in [0.3, 0.4) is 0 Å². The van der Waals surface area contributed by atoms with Gasteiger partial charge < -0.3 is 4.98 Å². The summed E-state index contributed by atoms with van der Waals surface area (Å²) in [6, 6.07) is 17.6. The molecule has 25 heavy (non-hydrogen) atoms. The molecule has 0 saturated carbocycles. The number of benzene rings is 2. The summed E-state index contributed by atoms with van der Waals surface area (Å²) in [5.74, 6) is 0.722. The fraction of sp³-hybridized carbons (Fsp3) is 0.304. The third-order valence-electron chi connectivity index (χ3n) is 5.96. The normalized spacial score (nSPS) is 20.6. The standard InChI is InChI=1S/C23H24N2/c1-2-6-20-17(5-1)9-10-19(20)16-25-13-11-18(12-14-25)22-15-24-23-8-4-3-7-21(22)23/h1-8,11,15,19,24H,9-10,12-14,16H2. The lowest BCUT2D eigenvalue weighted by Gasteiger charge is -2.29. The van der Waals surface area contributed by atoms with Gasteiger partial charge in [-0.2, -0.15) is 0 Å². The van der Waals surface area contributed by atoms with Gasteiger partial charge in [-0.25, -0.2) is 0 Å². The largest absolute Gasteiger partial charge is 0.361 e. The molecule has 0 radical (unpaired) electrons. The molecule has 126 valence electrons. The minimum atomic E-state index is 0.722. The van der Waals surface area contributed by atoms with E-state index in [1.165, 1.54) is 48.0 Å². The van der Waals surface area contributed by atoms with Gasteiger partial charge in [0.1, 0.15) is 0 Å². The molecule has 0 spiro atoms. The second-order valence-electron chi connectivity index (χ2n) is 7.42. The molecule has 1 aliphatic heterocycles. The number of para-hydroxylation sites is 1. The number of hydrogen-bond acceptors (Lipinski definition) is 1. The fourth-order valence-corrected chi connectivity index (χ4v) is 4.61. The van der Waals surface area contributed by atoms with E-state index in [1.807, 2.05) is 0 Å². The molecular weight excluding hydrogens is 304 g/mol. The van der Waals surface area contributed by atoms with Crippen LogP contribution in [0.5, 0.6) is 0 Å². The monoisotopic (exact) mass is 328 g/mol. The van der Waals surface area contributed by atoms with E-state index in [9.17, 15) is 0 Å². The second kappa shape index (κ2) is 6.20. The van der Waals surface area contributed by atoms with E-state index in [-0.39, 0.29) is 0 Å². The fourth-order valence-electron chi connectivity index (χ4n) is 4.61. The van der Waals surface area contributed by atoms with Crippen molar-refractivity contribution in [2.24, 2.45) is 0 Å². The zero-order valence-corrected chi connectivity index (χ0v) is 14.5. The number of aromatic amines is 1. The third kappa shape index (κ3) is 2.71. The van der Waals surface area contributed by atoms with Crippen molar-refractivity contribution in [2.75, 3.05) is 19.6 Å². The van der Waals surface area contributed by atoms with Gasteiger partial charge in [-0.15, -0.1) is 0 Å². The summed E-state index contributed by atoms with van der Waals surface area (Å²) < 4.78 is 0. The summed E-state index contributed by atoms with van der Waals surface area (Å²) >= 11 is 0. The molecule has 0 bridgehead atoms. The van der Waals surface area contributed by atoms with Crippen molar-refractivity contribution in [3.05, 3.63) is 77.5 Å². The molecule has 3 aromatic rings. The molecule has 2 aromatic carbocycles. The Morgan fingerprint density at radius 2 is 1.88 bits per heavy atom. The zero-order chi connectivity index (χ0) is 16.6. The summed E-state index contributed by atoms with van der Waals surface area (Å²) in [5.41, 5.74) is 7.29. The molecule has 1 unspecified atom stereocenters. The van der Waals surface area contributed by atoms with Gasteiger partial charge >= 0.3 is 0 Å². The Morgan fingerprint density at radius 1 is 1.00 bits per heavy atom. The lowest BCUT2D eigenvalue weighted by Crippen LogP contribution is -2.32. The summed E-state index contributed by atoms with van der Waals surface area (Å²) in [7, 11) is 0. The molecule has 0 amide bonds. The Hall–Kier alpha value is -2.32. The number of H-pyrrole nitrogens is 1. The lowest BCUT2D eigenvalue weighted by atomic mass is 9.96. The molecule has 0 fully saturated rings. The van der Waals surface area contributed by atoms with Crippen molar-refractivity contribution >= 4 is 16.5 Å². The highest BCUT2D eigenvalue weighted by molar-refractivity contribution is 5.92. The van der Waals surface area contributed by atoms with Crippen LogP contribution in [0.1, 0.15) is 35.4 Å². The first-order valence-electron chi connectivity index (χ1n) is 9.44. The molecule has 2 heterocycles. The van der Waals surface area contributed by atoms with Crippen LogP contribution in [-0.4, -0.2) is 29.5 Å². The van der Waals surface area contributed by atoms with Crippen LogP contribution in [-0.2, 0) is 6.42 Å². The predicted molar refractivity (Wildman–Crippen MR) is 105 cm³/mol. The zero-order valence-electron chi connectivity index (χ0n) is 14.5. The predicted octanol–water partition coefficient (Wildman–Crippen LogP) is 4.99. The van der Waals surface area contributed by atoms with Gasteiger partial charge in [-0.3, -0.25) is 4.90 Å². The van der Waals surface area contributed by atoms with E-state index >= 15 is 0 Å². The van der Waals surface area contributed by atoms with Crippen LogP contribution in [0.15, 0.2) is 60.8 Å². The molecule has 1 aliphatic carbocycles. The number of rotatable bonds is 3. The average Bonchev–Trinajstić information content (AvgIpc) is 3.27. The topological polar surface area (TPSA) is 19.0 Å². The number of aryl methyl sites for hydroxylation is 1. The van der Waals surface area contributed by atoms with Crippen molar-refractivity contribution in [2.45, 2.75) is 25.2 Å². The van der Waals surface area contributed by atoms with Gasteiger partial charge in [-0.1, -0.05) is 48.5 Å². The maximum absolute atomic E-state index is 3.41. The van der Waals surface area contributed by atoms with E-state index in [0.29, 0.717) is 0 Å². The summed E-state index contributed by atoms with van der Waals surface area (Å²) in [6.45, 7) is 3.45. The van der Waals surface area contributed by atoms with Gasteiger partial charge in [0.25, 0.3) is 0 Å². The van der Waals surface area contributed by atoms with Crippen LogP contribution in [0, 0.1) is 0 Å². The van der Waals surface area contributed by atoms with Crippen molar-refractivity contribution in [3.63, 3.8) is 0 Å². The Balaban J connectivity index is 1.31. The van der Waals surface area contributed by atoms with Crippen molar-refractivity contribution in [1.29, 1.82) is 0 Å². The molecular formula is C23H24N2. The quantitative estimate of drug-likeness (QED) is 0.718. The highest BCUT2D eigenvalue weighted by Crippen LogP contribution is 2.35. The van der Waals surface area contributed by atoms with Crippen molar-refractivity contribution in [3.8, 4) is 0 Å². The van der Waals surface area contributed by atoms with E-state index in [2.05, 4.69) is 70.7 Å². The molecule has 1 N–H and O–H groups in total. The van der Waals surface area contributed by atoms with Crippen LogP contribution in [0.25, 0.3) is 16.5 Å². The Kier molecular flexibility index (Phi) is 3.71. The number of nitrogens with one attached hydrogen (secondary N) is 1. The van der Waals surface area contributed by atoms with Crippen LogP contribution in [0.2, 0.25) is 0 Å². The van der Waals surface area contributed by atoms with E-state index in [1.54, 1.807) is 11.1 Å².